The van der Waals surface area contributed by atoms with Crippen LogP contribution in [0.15, 0.2) is 63.9 Å². The third-order valence-corrected chi connectivity index (χ3v) is 7.79. The highest BCUT2D eigenvalue weighted by Crippen LogP contribution is 2.35. The van der Waals surface area contributed by atoms with Crippen molar-refractivity contribution in [3.63, 3.8) is 0 Å². The number of aromatic nitrogens is 1. The molecule has 164 valence electrons. The first kappa shape index (κ1) is 21.7. The number of hydrogen-bond acceptors (Lipinski definition) is 2. The van der Waals surface area contributed by atoms with Gasteiger partial charge in [0.25, 0.3) is 0 Å². The molecule has 0 fully saturated rings. The summed E-state index contributed by atoms with van der Waals surface area (Å²) in [5, 5.41) is 0.916. The third kappa shape index (κ3) is 3.91. The van der Waals surface area contributed by atoms with Gasteiger partial charge in [-0.1, -0.05) is 11.6 Å². The first-order valence-corrected chi connectivity index (χ1v) is 11.8. The van der Waals surface area contributed by atoms with Gasteiger partial charge in [-0.05, 0) is 87.6 Å². The lowest BCUT2D eigenvalue weighted by Gasteiger charge is -2.12. The number of fused-ring (bicyclic) bond motifs is 3. The van der Waals surface area contributed by atoms with E-state index in [1.807, 2.05) is 6.07 Å². The third-order valence-electron chi connectivity index (χ3n) is 6.02. The van der Waals surface area contributed by atoms with Crippen molar-refractivity contribution in [1.29, 1.82) is 0 Å². The SMILES string of the molecule is CCn1c2c(c3cc(S(=O)(=O)c4ccc(C(F)(F)F)cc4)ccc31)CCC(C)=CCC2. The fourth-order valence-electron chi connectivity index (χ4n) is 4.39. The minimum Gasteiger partial charge on any atom is -0.345 e. The maximum Gasteiger partial charge on any atom is 0.416 e. The molecule has 0 N–H and O–H groups in total. The largest absolute Gasteiger partial charge is 0.416 e. The molecular weight excluding hydrogens is 423 g/mol. The van der Waals surface area contributed by atoms with Crippen molar-refractivity contribution >= 4 is 20.7 Å². The Morgan fingerprint density at radius 2 is 1.65 bits per heavy atom. The fourth-order valence-corrected chi connectivity index (χ4v) is 5.67. The zero-order valence-corrected chi connectivity index (χ0v) is 18.3. The van der Waals surface area contributed by atoms with Gasteiger partial charge in [0.05, 0.1) is 15.4 Å². The van der Waals surface area contributed by atoms with Gasteiger partial charge in [-0.3, -0.25) is 0 Å². The second kappa shape index (κ2) is 7.86. The molecule has 1 aromatic heterocycles. The molecule has 7 heteroatoms. The molecule has 0 aliphatic heterocycles. The summed E-state index contributed by atoms with van der Waals surface area (Å²) in [5.74, 6) is 0. The van der Waals surface area contributed by atoms with E-state index < -0.39 is 21.6 Å². The highest BCUT2D eigenvalue weighted by Gasteiger charge is 2.31. The molecular formula is C24H24F3NO2S. The van der Waals surface area contributed by atoms with Crippen LogP contribution in [0.25, 0.3) is 10.9 Å². The van der Waals surface area contributed by atoms with Gasteiger partial charge < -0.3 is 4.57 Å². The zero-order valence-electron chi connectivity index (χ0n) is 17.5. The molecule has 0 bridgehead atoms. The maximum atomic E-state index is 13.2. The minimum absolute atomic E-state index is 0.102. The Hall–Kier alpha value is -2.54. The summed E-state index contributed by atoms with van der Waals surface area (Å²) in [6.07, 6.45) is 1.37. The normalized spacial score (nSPS) is 15.3. The van der Waals surface area contributed by atoms with Crippen LogP contribution in [0.4, 0.5) is 13.2 Å². The summed E-state index contributed by atoms with van der Waals surface area (Å²) in [7, 11) is -3.93. The van der Waals surface area contributed by atoms with E-state index in [9.17, 15) is 21.6 Å². The summed E-state index contributed by atoms with van der Waals surface area (Å²) in [6, 6.07) is 8.73. The topological polar surface area (TPSA) is 39.1 Å². The number of nitrogens with zero attached hydrogens (tertiary/aromatic N) is 1. The molecule has 0 amide bonds. The van der Waals surface area contributed by atoms with Gasteiger partial charge in [0.1, 0.15) is 0 Å². The number of halogens is 3. The van der Waals surface area contributed by atoms with Gasteiger partial charge in [-0.15, -0.1) is 0 Å². The summed E-state index contributed by atoms with van der Waals surface area (Å²) in [4.78, 5) is -0.0402. The number of allylic oxidation sites excluding steroid dienone is 2. The molecule has 1 aliphatic carbocycles. The summed E-state index contributed by atoms with van der Waals surface area (Å²) in [6.45, 7) is 4.98. The van der Waals surface area contributed by atoms with Crippen LogP contribution in [0, 0.1) is 0 Å². The molecule has 0 spiro atoms. The zero-order chi connectivity index (χ0) is 22.4. The van der Waals surface area contributed by atoms with Crippen LogP contribution in [0.1, 0.15) is 43.5 Å². The van der Waals surface area contributed by atoms with Crippen LogP contribution >= 0.6 is 0 Å². The summed E-state index contributed by atoms with van der Waals surface area (Å²) in [5.41, 5.74) is 3.88. The van der Waals surface area contributed by atoms with E-state index in [0.717, 1.165) is 67.4 Å². The van der Waals surface area contributed by atoms with E-state index in [1.54, 1.807) is 12.1 Å². The van der Waals surface area contributed by atoms with Gasteiger partial charge in [0.2, 0.25) is 9.84 Å². The van der Waals surface area contributed by atoms with Crippen molar-refractivity contribution in [2.45, 2.75) is 62.0 Å². The Labute approximate surface area is 180 Å². The number of hydrogen-bond donors (Lipinski definition) is 0. The Bertz CT molecular complexity index is 1270. The summed E-state index contributed by atoms with van der Waals surface area (Å²) >= 11 is 0. The predicted octanol–water partition coefficient (Wildman–Crippen LogP) is 6.34. The van der Waals surface area contributed by atoms with E-state index in [-0.39, 0.29) is 9.79 Å². The van der Waals surface area contributed by atoms with Crippen LogP contribution in [0.2, 0.25) is 0 Å². The van der Waals surface area contributed by atoms with Gasteiger partial charge >= 0.3 is 6.18 Å². The van der Waals surface area contributed by atoms with Crippen LogP contribution in [-0.4, -0.2) is 13.0 Å². The van der Waals surface area contributed by atoms with Crippen LogP contribution in [0.5, 0.6) is 0 Å². The first-order chi connectivity index (χ1) is 14.6. The molecule has 0 saturated carbocycles. The summed E-state index contributed by atoms with van der Waals surface area (Å²) < 4.78 is 67.1. The average Bonchev–Trinajstić information content (AvgIpc) is 3.01. The van der Waals surface area contributed by atoms with Crippen LogP contribution < -0.4 is 0 Å². The highest BCUT2D eigenvalue weighted by molar-refractivity contribution is 7.91. The molecule has 31 heavy (non-hydrogen) atoms. The smallest absolute Gasteiger partial charge is 0.345 e. The minimum atomic E-state index is -4.51. The second-order valence-electron chi connectivity index (χ2n) is 7.96. The monoisotopic (exact) mass is 447 g/mol. The first-order valence-electron chi connectivity index (χ1n) is 10.3. The molecule has 0 atom stereocenters. The predicted molar refractivity (Wildman–Crippen MR) is 115 cm³/mol. The van der Waals surface area contributed by atoms with Gasteiger partial charge in [0, 0.05) is 23.1 Å². The number of aryl methyl sites for hydroxylation is 2. The lowest BCUT2D eigenvalue weighted by Crippen LogP contribution is -2.06. The standard InChI is InChI=1S/C24H24F3NO2S/c1-3-28-22-6-4-5-16(2)7-13-20(22)21-15-19(12-14-23(21)28)31(29,30)18-10-8-17(9-11-18)24(25,26)27/h5,8-12,14-15H,3-4,6-7,13H2,1-2H3. The van der Waals surface area contributed by atoms with Gasteiger partial charge in [0.15, 0.2) is 0 Å². The Kier molecular flexibility index (Phi) is 5.50. The molecule has 4 rings (SSSR count). The van der Waals surface area contributed by atoms with Crippen LogP contribution in [0.3, 0.4) is 0 Å². The van der Waals surface area contributed by atoms with Crippen molar-refractivity contribution in [2.75, 3.05) is 0 Å². The molecule has 0 unspecified atom stereocenters. The maximum absolute atomic E-state index is 13.2. The van der Waals surface area contributed by atoms with E-state index >= 15 is 0 Å². The second-order valence-corrected chi connectivity index (χ2v) is 9.91. The molecule has 1 aliphatic rings. The Morgan fingerprint density at radius 1 is 0.968 bits per heavy atom. The Balaban J connectivity index is 1.82. The molecule has 0 saturated heterocycles. The van der Waals surface area contributed by atoms with Crippen LogP contribution in [-0.2, 0) is 35.4 Å². The van der Waals surface area contributed by atoms with E-state index in [0.29, 0.717) is 0 Å². The Morgan fingerprint density at radius 3 is 2.29 bits per heavy atom. The lowest BCUT2D eigenvalue weighted by atomic mass is 9.97. The van der Waals surface area contributed by atoms with Gasteiger partial charge in [-0.25, -0.2) is 8.42 Å². The number of benzene rings is 2. The molecule has 2 aromatic carbocycles. The van der Waals surface area contributed by atoms with E-state index in [4.69, 9.17) is 0 Å². The average molecular weight is 448 g/mol. The molecule has 0 radical (unpaired) electrons. The number of sulfone groups is 1. The van der Waals surface area contributed by atoms with Crippen molar-refractivity contribution in [3.05, 3.63) is 70.9 Å². The molecule has 3 aromatic rings. The van der Waals surface area contributed by atoms with Crippen molar-refractivity contribution < 1.29 is 21.6 Å². The molecule has 1 heterocycles. The number of alkyl halides is 3. The van der Waals surface area contributed by atoms with E-state index in [1.165, 1.54) is 16.8 Å². The molecule has 3 nitrogen and oxygen atoms in total. The van der Waals surface area contributed by atoms with Gasteiger partial charge in [-0.2, -0.15) is 13.2 Å². The van der Waals surface area contributed by atoms with E-state index in [2.05, 4.69) is 24.5 Å². The lowest BCUT2D eigenvalue weighted by molar-refractivity contribution is -0.137. The fraction of sp³-hybridized carbons (Fsp3) is 0.333. The van der Waals surface area contributed by atoms with Crippen molar-refractivity contribution in [3.8, 4) is 0 Å². The number of rotatable bonds is 3. The van der Waals surface area contributed by atoms with Crippen molar-refractivity contribution in [1.82, 2.24) is 4.57 Å². The quantitative estimate of drug-likeness (QED) is 0.440. The van der Waals surface area contributed by atoms with Crippen molar-refractivity contribution in [2.24, 2.45) is 0 Å². The highest BCUT2D eigenvalue weighted by atomic mass is 32.2.